The third-order valence-corrected chi connectivity index (χ3v) is 3.20. The van der Waals surface area contributed by atoms with Crippen molar-refractivity contribution in [1.29, 1.82) is 0 Å². The zero-order valence-corrected chi connectivity index (χ0v) is 11.1. The maximum absolute atomic E-state index is 11.8. The Hall–Kier alpha value is -2.09. The average molecular weight is 281 g/mol. The molecule has 2 amide bonds. The number of nitrogens with one attached hydrogen (secondary N) is 3. The Morgan fingerprint density at radius 2 is 2.15 bits per heavy atom. The van der Waals surface area contributed by atoms with Gasteiger partial charge in [0.2, 0.25) is 0 Å². The topological polar surface area (TPSA) is 110 Å². The Morgan fingerprint density at radius 3 is 2.75 bits per heavy atom. The van der Waals surface area contributed by atoms with Gasteiger partial charge in [0.15, 0.2) is 0 Å². The van der Waals surface area contributed by atoms with Crippen molar-refractivity contribution in [2.45, 2.75) is 31.7 Å². The van der Waals surface area contributed by atoms with Gasteiger partial charge in [0.1, 0.15) is 6.04 Å². The highest BCUT2D eigenvalue weighted by Gasteiger charge is 2.22. The number of urea groups is 1. The minimum atomic E-state index is -1.08. The monoisotopic (exact) mass is 281 g/mol. The number of carboxylic acids is 1. The van der Waals surface area contributed by atoms with Crippen LogP contribution in [0.15, 0.2) is 12.5 Å². The SMILES string of the molecule is O=C(NC(Cc1cnc[nH]1)C(=O)O)NN1CCCCC1. The van der Waals surface area contributed by atoms with E-state index in [4.69, 9.17) is 5.11 Å². The van der Waals surface area contributed by atoms with Crippen LogP contribution in [0.1, 0.15) is 25.0 Å². The molecule has 2 heterocycles. The van der Waals surface area contributed by atoms with Gasteiger partial charge < -0.3 is 15.4 Å². The first-order chi connectivity index (χ1) is 9.65. The number of hydrogen-bond donors (Lipinski definition) is 4. The lowest BCUT2D eigenvalue weighted by atomic mass is 10.1. The lowest BCUT2D eigenvalue weighted by Crippen LogP contribution is -2.53. The zero-order valence-electron chi connectivity index (χ0n) is 11.1. The molecule has 1 saturated heterocycles. The summed E-state index contributed by atoms with van der Waals surface area (Å²) in [5, 5.41) is 13.4. The van der Waals surface area contributed by atoms with Crippen LogP contribution >= 0.6 is 0 Å². The summed E-state index contributed by atoms with van der Waals surface area (Å²) in [7, 11) is 0. The molecule has 1 unspecified atom stereocenters. The number of carbonyl (C=O) groups excluding carboxylic acids is 1. The predicted octanol–water partition coefficient (Wildman–Crippen LogP) is 0.106. The molecule has 0 bridgehead atoms. The van der Waals surface area contributed by atoms with E-state index in [9.17, 15) is 9.59 Å². The number of amides is 2. The first kappa shape index (κ1) is 14.3. The first-order valence-electron chi connectivity index (χ1n) is 6.67. The van der Waals surface area contributed by atoms with Crippen molar-refractivity contribution < 1.29 is 14.7 Å². The smallest absolute Gasteiger partial charge is 0.330 e. The third-order valence-electron chi connectivity index (χ3n) is 3.20. The Bertz CT molecular complexity index is 442. The molecule has 1 fully saturated rings. The molecule has 1 aromatic rings. The molecule has 4 N–H and O–H groups in total. The number of aromatic amines is 1. The molecular formula is C12H19N5O3. The largest absolute Gasteiger partial charge is 0.480 e. The van der Waals surface area contributed by atoms with Gasteiger partial charge in [0.25, 0.3) is 0 Å². The molecule has 1 aromatic heterocycles. The van der Waals surface area contributed by atoms with Gasteiger partial charge in [0.05, 0.1) is 6.33 Å². The van der Waals surface area contributed by atoms with E-state index < -0.39 is 18.0 Å². The number of aromatic nitrogens is 2. The number of carbonyl (C=O) groups is 2. The summed E-state index contributed by atoms with van der Waals surface area (Å²) in [5.74, 6) is -1.08. The molecule has 0 aliphatic carbocycles. The average Bonchev–Trinajstić information content (AvgIpc) is 2.92. The van der Waals surface area contributed by atoms with Gasteiger partial charge in [-0.25, -0.2) is 19.6 Å². The van der Waals surface area contributed by atoms with Crippen molar-refractivity contribution in [1.82, 2.24) is 25.7 Å². The molecule has 1 aliphatic rings. The molecule has 1 atom stereocenters. The number of carboxylic acid groups (broad SMARTS) is 1. The molecule has 0 saturated carbocycles. The van der Waals surface area contributed by atoms with Crippen molar-refractivity contribution in [2.24, 2.45) is 0 Å². The van der Waals surface area contributed by atoms with E-state index in [-0.39, 0.29) is 6.42 Å². The minimum Gasteiger partial charge on any atom is -0.480 e. The maximum Gasteiger partial charge on any atom is 0.330 e. The van der Waals surface area contributed by atoms with Gasteiger partial charge >= 0.3 is 12.0 Å². The summed E-state index contributed by atoms with van der Waals surface area (Å²) in [6.45, 7) is 1.59. The van der Waals surface area contributed by atoms with Crippen molar-refractivity contribution in [3.05, 3.63) is 18.2 Å². The van der Waals surface area contributed by atoms with Gasteiger partial charge in [-0.3, -0.25) is 5.43 Å². The number of rotatable bonds is 5. The van der Waals surface area contributed by atoms with Crippen molar-refractivity contribution in [3.63, 3.8) is 0 Å². The lowest BCUT2D eigenvalue weighted by molar-refractivity contribution is -0.139. The maximum atomic E-state index is 11.8. The first-order valence-corrected chi connectivity index (χ1v) is 6.67. The fraction of sp³-hybridized carbons (Fsp3) is 0.583. The van der Waals surface area contributed by atoms with E-state index in [2.05, 4.69) is 20.7 Å². The van der Waals surface area contributed by atoms with Gasteiger partial charge in [0, 0.05) is 31.4 Å². The number of H-pyrrole nitrogens is 1. The van der Waals surface area contributed by atoms with Gasteiger partial charge in [-0.15, -0.1) is 0 Å². The number of imidazole rings is 1. The van der Waals surface area contributed by atoms with Crippen LogP contribution < -0.4 is 10.7 Å². The van der Waals surface area contributed by atoms with E-state index in [1.807, 2.05) is 5.01 Å². The summed E-state index contributed by atoms with van der Waals surface area (Å²) >= 11 is 0. The normalized spacial score (nSPS) is 17.4. The number of piperidine rings is 1. The second-order valence-electron chi connectivity index (χ2n) is 4.80. The van der Waals surface area contributed by atoms with Crippen LogP contribution in [0.2, 0.25) is 0 Å². The molecular weight excluding hydrogens is 262 g/mol. The van der Waals surface area contributed by atoms with Crippen LogP contribution in [0, 0.1) is 0 Å². The minimum absolute atomic E-state index is 0.169. The Morgan fingerprint density at radius 1 is 1.40 bits per heavy atom. The highest BCUT2D eigenvalue weighted by molar-refractivity contribution is 5.82. The van der Waals surface area contributed by atoms with Gasteiger partial charge in [-0.1, -0.05) is 6.42 Å². The molecule has 0 spiro atoms. The van der Waals surface area contributed by atoms with E-state index in [1.165, 1.54) is 6.33 Å². The molecule has 20 heavy (non-hydrogen) atoms. The quantitative estimate of drug-likeness (QED) is 0.612. The Labute approximate surface area is 116 Å². The highest BCUT2D eigenvalue weighted by atomic mass is 16.4. The summed E-state index contributed by atoms with van der Waals surface area (Å²) in [5.41, 5.74) is 3.34. The molecule has 0 radical (unpaired) electrons. The summed E-state index contributed by atoms with van der Waals surface area (Å²) in [4.78, 5) is 29.6. The molecule has 2 rings (SSSR count). The third kappa shape index (κ3) is 4.23. The summed E-state index contributed by atoms with van der Waals surface area (Å²) in [6, 6.07) is -1.47. The second kappa shape index (κ2) is 6.90. The van der Waals surface area contributed by atoms with E-state index in [0.29, 0.717) is 5.69 Å². The number of nitrogens with zero attached hydrogens (tertiary/aromatic N) is 2. The fourth-order valence-electron chi connectivity index (χ4n) is 2.16. The number of aliphatic carboxylic acids is 1. The molecule has 8 nitrogen and oxygen atoms in total. The van der Waals surface area contributed by atoms with Crippen molar-refractivity contribution >= 4 is 12.0 Å². The molecule has 110 valence electrons. The zero-order chi connectivity index (χ0) is 14.4. The van der Waals surface area contributed by atoms with E-state index in [0.717, 1.165) is 32.4 Å². The standard InChI is InChI=1S/C12H19N5O3/c18-11(19)10(6-9-7-13-8-14-9)15-12(20)16-17-4-2-1-3-5-17/h7-8,10H,1-6H2,(H,13,14)(H,18,19)(H2,15,16,20). The van der Waals surface area contributed by atoms with Gasteiger partial charge in [-0.05, 0) is 12.8 Å². The molecule has 0 aromatic carbocycles. The lowest BCUT2D eigenvalue weighted by Gasteiger charge is -2.27. The van der Waals surface area contributed by atoms with Crippen LogP contribution in [0.3, 0.4) is 0 Å². The van der Waals surface area contributed by atoms with Crippen LogP contribution in [0.25, 0.3) is 0 Å². The Kier molecular flexibility index (Phi) is 4.94. The van der Waals surface area contributed by atoms with Crippen LogP contribution in [0.4, 0.5) is 4.79 Å². The van der Waals surface area contributed by atoms with Crippen molar-refractivity contribution in [3.8, 4) is 0 Å². The second-order valence-corrected chi connectivity index (χ2v) is 4.80. The fourth-order valence-corrected chi connectivity index (χ4v) is 2.16. The predicted molar refractivity (Wildman–Crippen MR) is 70.8 cm³/mol. The van der Waals surface area contributed by atoms with E-state index >= 15 is 0 Å². The molecule has 8 heteroatoms. The Balaban J connectivity index is 1.83. The number of hydrazine groups is 1. The van der Waals surface area contributed by atoms with Crippen LogP contribution in [-0.4, -0.2) is 51.2 Å². The van der Waals surface area contributed by atoms with Crippen LogP contribution in [-0.2, 0) is 11.2 Å². The highest BCUT2D eigenvalue weighted by Crippen LogP contribution is 2.05. The van der Waals surface area contributed by atoms with Gasteiger partial charge in [-0.2, -0.15) is 0 Å². The van der Waals surface area contributed by atoms with Crippen molar-refractivity contribution in [2.75, 3.05) is 13.1 Å². The van der Waals surface area contributed by atoms with E-state index in [1.54, 1.807) is 6.20 Å². The summed E-state index contributed by atoms with van der Waals surface area (Å²) < 4.78 is 0. The number of hydrogen-bond acceptors (Lipinski definition) is 4. The van der Waals surface area contributed by atoms with Crippen LogP contribution in [0.5, 0.6) is 0 Å². The summed E-state index contributed by atoms with van der Waals surface area (Å²) in [6.07, 6.45) is 6.43. The molecule has 1 aliphatic heterocycles.